The molecule has 9 heteroatoms. The lowest BCUT2D eigenvalue weighted by Crippen LogP contribution is -2.67. The van der Waals surface area contributed by atoms with E-state index in [1.54, 1.807) is 0 Å². The highest BCUT2D eigenvalue weighted by Gasteiger charge is 2.39. The van der Waals surface area contributed by atoms with Crippen LogP contribution in [0.3, 0.4) is 0 Å². The van der Waals surface area contributed by atoms with Crippen LogP contribution in [0, 0.1) is 0 Å². The molecule has 0 aliphatic carbocycles. The first-order valence-electron chi connectivity index (χ1n) is 6.30. The van der Waals surface area contributed by atoms with E-state index < -0.39 is 11.9 Å². The van der Waals surface area contributed by atoms with Gasteiger partial charge in [0, 0.05) is 31.2 Å². The molecule has 1 N–H and O–H groups in total. The Morgan fingerprint density at radius 1 is 1.25 bits per heavy atom. The lowest BCUT2D eigenvalue weighted by atomic mass is 9.91. The lowest BCUT2D eigenvalue weighted by Gasteiger charge is -2.49. The van der Waals surface area contributed by atoms with Gasteiger partial charge in [-0.1, -0.05) is 0 Å². The Morgan fingerprint density at radius 2 is 1.95 bits per heavy atom. The summed E-state index contributed by atoms with van der Waals surface area (Å²) in [6, 6.07) is 1.73. The number of alkyl halides is 3. The Hall–Kier alpha value is -1.90. The molecular formula is C11H11F3N6. The first-order valence-corrected chi connectivity index (χ1v) is 6.30. The van der Waals surface area contributed by atoms with E-state index in [0.717, 1.165) is 12.5 Å². The molecule has 2 aromatic rings. The summed E-state index contributed by atoms with van der Waals surface area (Å²) in [5, 5.41) is 7.31. The van der Waals surface area contributed by atoms with Crippen LogP contribution >= 0.6 is 0 Å². The van der Waals surface area contributed by atoms with Gasteiger partial charge >= 0.3 is 6.18 Å². The van der Waals surface area contributed by atoms with Gasteiger partial charge in [-0.3, -0.25) is 0 Å². The molecule has 6 nitrogen and oxygen atoms in total. The molecule has 106 valence electrons. The van der Waals surface area contributed by atoms with Crippen molar-refractivity contribution in [1.29, 1.82) is 0 Å². The number of anilines is 1. The van der Waals surface area contributed by atoms with E-state index in [-0.39, 0.29) is 5.78 Å². The molecular weight excluding hydrogens is 273 g/mol. The predicted octanol–water partition coefficient (Wildman–Crippen LogP) is 0.694. The van der Waals surface area contributed by atoms with Crippen molar-refractivity contribution in [1.82, 2.24) is 24.9 Å². The summed E-state index contributed by atoms with van der Waals surface area (Å²) in [6.07, 6.45) is -2.19. The molecule has 0 aromatic carbocycles. The second-order valence-corrected chi connectivity index (χ2v) is 5.17. The topological polar surface area (TPSA) is 58.4 Å². The number of fused-ring (bicyclic) bond motifs is 3. The SMILES string of the molecule is FC(F)(F)c1cc(N2CC3CC(C2)N3)n2ncnc2n1. The summed E-state index contributed by atoms with van der Waals surface area (Å²) in [4.78, 5) is 9.20. The van der Waals surface area contributed by atoms with E-state index in [4.69, 9.17) is 0 Å². The second kappa shape index (κ2) is 3.81. The van der Waals surface area contributed by atoms with E-state index in [1.165, 1.54) is 10.8 Å². The molecule has 20 heavy (non-hydrogen) atoms. The monoisotopic (exact) mass is 284 g/mol. The molecule has 3 fully saturated rings. The first kappa shape index (κ1) is 11.9. The minimum atomic E-state index is -4.49. The average molecular weight is 284 g/mol. The van der Waals surface area contributed by atoms with Crippen molar-refractivity contribution in [3.8, 4) is 0 Å². The smallest absolute Gasteiger partial charge is 0.353 e. The van der Waals surface area contributed by atoms with Crippen molar-refractivity contribution in [2.24, 2.45) is 0 Å². The molecule has 5 rings (SSSR count). The Bertz CT molecular complexity index is 650. The molecule has 2 aromatic heterocycles. The predicted molar refractivity (Wildman–Crippen MR) is 63.3 cm³/mol. The average Bonchev–Trinajstić information content (AvgIpc) is 2.83. The maximum Gasteiger partial charge on any atom is 0.433 e. The summed E-state index contributed by atoms with van der Waals surface area (Å²) in [7, 11) is 0. The summed E-state index contributed by atoms with van der Waals surface area (Å²) in [6.45, 7) is 1.35. The van der Waals surface area contributed by atoms with Crippen LogP contribution in [0.5, 0.6) is 0 Å². The molecule has 3 aliphatic rings. The Balaban J connectivity index is 1.82. The highest BCUT2D eigenvalue weighted by atomic mass is 19.4. The van der Waals surface area contributed by atoms with E-state index in [2.05, 4.69) is 20.4 Å². The van der Waals surface area contributed by atoms with Gasteiger partial charge in [0.25, 0.3) is 5.78 Å². The normalized spacial score (nSPS) is 25.9. The number of aromatic nitrogens is 4. The van der Waals surface area contributed by atoms with Gasteiger partial charge < -0.3 is 10.2 Å². The molecule has 2 atom stereocenters. The van der Waals surface area contributed by atoms with Gasteiger partial charge in [0.15, 0.2) is 5.69 Å². The number of hydrogen-bond donors (Lipinski definition) is 1. The number of nitrogens with zero attached hydrogens (tertiary/aromatic N) is 5. The highest BCUT2D eigenvalue weighted by molar-refractivity contribution is 5.49. The van der Waals surface area contributed by atoms with Crippen molar-refractivity contribution in [3.63, 3.8) is 0 Å². The fourth-order valence-corrected chi connectivity index (χ4v) is 2.87. The van der Waals surface area contributed by atoms with Crippen LogP contribution in [-0.4, -0.2) is 44.8 Å². The first-order chi connectivity index (χ1) is 9.50. The quantitative estimate of drug-likeness (QED) is 0.835. The molecule has 2 bridgehead atoms. The number of halogens is 3. The summed E-state index contributed by atoms with van der Waals surface area (Å²) < 4.78 is 40.1. The Kier molecular flexibility index (Phi) is 2.27. The van der Waals surface area contributed by atoms with Gasteiger partial charge in [-0.15, -0.1) is 0 Å². The molecule has 3 saturated heterocycles. The third-order valence-corrected chi connectivity index (χ3v) is 3.77. The van der Waals surface area contributed by atoms with Gasteiger partial charge in [0.2, 0.25) is 0 Å². The van der Waals surface area contributed by atoms with E-state index in [0.29, 0.717) is 31.0 Å². The van der Waals surface area contributed by atoms with Crippen LogP contribution in [0.25, 0.3) is 5.78 Å². The van der Waals surface area contributed by atoms with Gasteiger partial charge in [0.1, 0.15) is 12.1 Å². The fourth-order valence-electron chi connectivity index (χ4n) is 2.87. The summed E-state index contributed by atoms with van der Waals surface area (Å²) in [5.41, 5.74) is -0.930. The van der Waals surface area contributed by atoms with Crippen molar-refractivity contribution < 1.29 is 13.2 Å². The van der Waals surface area contributed by atoms with Crippen LogP contribution in [0.1, 0.15) is 12.1 Å². The van der Waals surface area contributed by atoms with Gasteiger partial charge in [0.05, 0.1) is 0 Å². The van der Waals surface area contributed by atoms with Crippen LogP contribution in [0.15, 0.2) is 12.4 Å². The minimum Gasteiger partial charge on any atom is -0.353 e. The highest BCUT2D eigenvalue weighted by Crippen LogP contribution is 2.32. The van der Waals surface area contributed by atoms with Crippen molar-refractivity contribution in [2.75, 3.05) is 18.0 Å². The van der Waals surface area contributed by atoms with Crippen LogP contribution < -0.4 is 10.2 Å². The maximum absolute atomic E-state index is 12.9. The molecule has 0 spiro atoms. The largest absolute Gasteiger partial charge is 0.433 e. The zero-order chi connectivity index (χ0) is 13.9. The molecule has 0 amide bonds. The number of hydrogen-bond acceptors (Lipinski definition) is 5. The Labute approximate surface area is 111 Å². The number of piperazine rings is 1. The lowest BCUT2D eigenvalue weighted by molar-refractivity contribution is -0.141. The van der Waals surface area contributed by atoms with Crippen molar-refractivity contribution in [2.45, 2.75) is 24.7 Å². The van der Waals surface area contributed by atoms with Crippen LogP contribution in [0.4, 0.5) is 19.0 Å². The van der Waals surface area contributed by atoms with E-state index in [9.17, 15) is 13.2 Å². The van der Waals surface area contributed by atoms with Crippen molar-refractivity contribution in [3.05, 3.63) is 18.1 Å². The standard InChI is InChI=1S/C11H11F3N6/c12-11(13,14)8-2-9(20-10(18-8)15-5-16-20)19-3-6-1-7(4-19)17-6/h2,5-7,17H,1,3-4H2. The number of nitrogens with one attached hydrogen (secondary N) is 1. The molecule has 0 radical (unpaired) electrons. The minimum absolute atomic E-state index is 0.0259. The van der Waals surface area contributed by atoms with Gasteiger partial charge in [-0.2, -0.15) is 27.8 Å². The summed E-state index contributed by atoms with van der Waals surface area (Å²) in [5.74, 6) is 0.373. The Morgan fingerprint density at radius 3 is 2.60 bits per heavy atom. The maximum atomic E-state index is 12.9. The van der Waals surface area contributed by atoms with E-state index in [1.807, 2.05) is 4.90 Å². The molecule has 0 saturated carbocycles. The summed E-state index contributed by atoms with van der Waals surface area (Å²) >= 11 is 0. The molecule has 3 aliphatic heterocycles. The molecule has 5 heterocycles. The molecule has 2 unspecified atom stereocenters. The second-order valence-electron chi connectivity index (χ2n) is 5.17. The zero-order valence-corrected chi connectivity index (χ0v) is 10.3. The number of piperidine rings is 1. The number of rotatable bonds is 1. The van der Waals surface area contributed by atoms with Crippen LogP contribution in [-0.2, 0) is 6.18 Å². The zero-order valence-electron chi connectivity index (χ0n) is 10.3. The van der Waals surface area contributed by atoms with Crippen molar-refractivity contribution >= 4 is 11.6 Å². The van der Waals surface area contributed by atoms with Crippen LogP contribution in [0.2, 0.25) is 0 Å². The van der Waals surface area contributed by atoms with Gasteiger partial charge in [-0.25, -0.2) is 4.98 Å². The third-order valence-electron chi connectivity index (χ3n) is 3.77. The van der Waals surface area contributed by atoms with Gasteiger partial charge in [-0.05, 0) is 6.42 Å². The fraction of sp³-hybridized carbons (Fsp3) is 0.545. The third kappa shape index (κ3) is 1.73. The van der Waals surface area contributed by atoms with E-state index >= 15 is 0 Å².